The number of ether oxygens (including phenoxy) is 1. The van der Waals surface area contributed by atoms with Crippen molar-refractivity contribution < 1.29 is 18.7 Å². The highest BCUT2D eigenvalue weighted by Crippen LogP contribution is 2.20. The van der Waals surface area contributed by atoms with E-state index < -0.39 is 11.8 Å². The zero-order valence-electron chi connectivity index (χ0n) is 20.1. The maximum atomic E-state index is 12.8. The summed E-state index contributed by atoms with van der Waals surface area (Å²) in [5.41, 5.74) is 7.77. The zero-order chi connectivity index (χ0) is 24.8. The second-order valence-electron chi connectivity index (χ2n) is 8.07. The lowest BCUT2D eigenvalue weighted by Crippen LogP contribution is -2.41. The molecular formula is C26H29N5O4. The summed E-state index contributed by atoms with van der Waals surface area (Å²) in [6.45, 7) is 8.70. The first-order chi connectivity index (χ1) is 17.0. The molecule has 0 saturated heterocycles. The van der Waals surface area contributed by atoms with Crippen molar-refractivity contribution in [3.63, 3.8) is 0 Å². The fourth-order valence-corrected chi connectivity index (χ4v) is 3.70. The molecule has 3 heterocycles. The molecule has 1 aromatic carbocycles. The summed E-state index contributed by atoms with van der Waals surface area (Å²) in [6.07, 6.45) is 3.82. The Labute approximate surface area is 203 Å². The monoisotopic (exact) mass is 475 g/mol. The fourth-order valence-electron chi connectivity index (χ4n) is 3.70. The van der Waals surface area contributed by atoms with E-state index in [0.29, 0.717) is 18.1 Å². The van der Waals surface area contributed by atoms with Crippen LogP contribution < -0.4 is 15.6 Å². The summed E-state index contributed by atoms with van der Waals surface area (Å²) >= 11 is 0. The van der Waals surface area contributed by atoms with Crippen LogP contribution in [0.4, 0.5) is 0 Å². The van der Waals surface area contributed by atoms with Gasteiger partial charge in [0.2, 0.25) is 0 Å². The number of para-hydroxylation sites is 1. The van der Waals surface area contributed by atoms with Crippen molar-refractivity contribution in [1.82, 2.24) is 25.1 Å². The lowest BCUT2D eigenvalue weighted by Gasteiger charge is -2.15. The number of amides is 2. The average Bonchev–Trinajstić information content (AvgIpc) is 3.52. The molecule has 0 spiro atoms. The molecule has 0 bridgehead atoms. The van der Waals surface area contributed by atoms with E-state index in [4.69, 9.17) is 9.15 Å². The quantitative estimate of drug-likeness (QED) is 0.358. The first kappa shape index (κ1) is 24.0. The predicted octanol–water partition coefficient (Wildman–Crippen LogP) is 3.73. The Balaban J connectivity index is 1.36. The normalized spacial score (nSPS) is 11.1. The van der Waals surface area contributed by atoms with Gasteiger partial charge in [-0.15, -0.1) is 0 Å². The third-order valence-corrected chi connectivity index (χ3v) is 5.68. The molecule has 0 saturated carbocycles. The van der Waals surface area contributed by atoms with Gasteiger partial charge in [0.25, 0.3) is 5.91 Å². The number of rotatable bonds is 9. The number of imidazole rings is 1. The molecule has 9 nitrogen and oxygen atoms in total. The molecule has 2 amide bonds. The Bertz CT molecular complexity index is 1320. The van der Waals surface area contributed by atoms with E-state index in [1.165, 1.54) is 0 Å². The molecule has 4 aromatic rings. The molecule has 4 rings (SSSR count). The zero-order valence-corrected chi connectivity index (χ0v) is 20.1. The Morgan fingerprint density at radius 1 is 1.03 bits per heavy atom. The predicted molar refractivity (Wildman–Crippen MR) is 131 cm³/mol. The number of pyridine rings is 1. The molecule has 0 fully saturated rings. The summed E-state index contributed by atoms with van der Waals surface area (Å²) in [7, 11) is 0. The van der Waals surface area contributed by atoms with Crippen LogP contribution >= 0.6 is 0 Å². The minimum Gasteiger partial charge on any atom is -0.486 e. The van der Waals surface area contributed by atoms with Crippen LogP contribution in [0.5, 0.6) is 5.75 Å². The maximum Gasteiger partial charge on any atom is 0.305 e. The van der Waals surface area contributed by atoms with Gasteiger partial charge in [0.05, 0.1) is 17.8 Å². The standard InChI is InChI=1S/C26H29N5O4/c1-4-30(5-2)16-20-12-13-23(35-20)26(33)29-28-25(32)21-10-6-7-11-22(21)34-17-19-15-31-14-8-9-18(3)24(31)27-19/h6-15H,4-5,16-17H2,1-3H3,(H,28,32)(H,29,33). The summed E-state index contributed by atoms with van der Waals surface area (Å²) in [6, 6.07) is 14.1. The minimum absolute atomic E-state index is 0.124. The molecule has 182 valence electrons. The largest absolute Gasteiger partial charge is 0.486 e. The van der Waals surface area contributed by atoms with E-state index in [0.717, 1.165) is 30.0 Å². The topological polar surface area (TPSA) is 101 Å². The van der Waals surface area contributed by atoms with Crippen LogP contribution in [0, 0.1) is 6.92 Å². The van der Waals surface area contributed by atoms with Gasteiger partial charge in [-0.2, -0.15) is 0 Å². The number of benzene rings is 1. The van der Waals surface area contributed by atoms with Crippen LogP contribution in [0.2, 0.25) is 0 Å². The van der Waals surface area contributed by atoms with Gasteiger partial charge in [-0.1, -0.05) is 32.0 Å². The van der Waals surface area contributed by atoms with E-state index in [1.54, 1.807) is 36.4 Å². The third kappa shape index (κ3) is 5.70. The molecule has 2 N–H and O–H groups in total. The number of carbonyl (C=O) groups is 2. The number of hydrogen-bond acceptors (Lipinski definition) is 6. The molecule has 3 aromatic heterocycles. The molecule has 0 radical (unpaired) electrons. The van der Waals surface area contributed by atoms with Crippen molar-refractivity contribution in [2.75, 3.05) is 13.1 Å². The van der Waals surface area contributed by atoms with Crippen molar-refractivity contribution in [1.29, 1.82) is 0 Å². The lowest BCUT2D eigenvalue weighted by molar-refractivity contribution is 0.0826. The fraction of sp³-hybridized carbons (Fsp3) is 0.269. The van der Waals surface area contributed by atoms with Crippen molar-refractivity contribution in [3.8, 4) is 5.75 Å². The Hall–Kier alpha value is -4.11. The smallest absolute Gasteiger partial charge is 0.305 e. The van der Waals surface area contributed by atoms with Crippen LogP contribution in [-0.4, -0.2) is 39.2 Å². The molecule has 35 heavy (non-hydrogen) atoms. The molecule has 0 aliphatic heterocycles. The number of carbonyl (C=O) groups excluding carboxylic acids is 2. The van der Waals surface area contributed by atoms with Crippen LogP contribution in [0.15, 0.2) is 65.3 Å². The molecule has 0 atom stereocenters. The number of nitrogens with zero attached hydrogens (tertiary/aromatic N) is 3. The van der Waals surface area contributed by atoms with Crippen LogP contribution in [0.3, 0.4) is 0 Å². The Morgan fingerprint density at radius 2 is 1.80 bits per heavy atom. The molecular weight excluding hydrogens is 446 g/mol. The Morgan fingerprint density at radius 3 is 2.57 bits per heavy atom. The van der Waals surface area contributed by atoms with Gasteiger partial charge in [-0.25, -0.2) is 4.98 Å². The first-order valence-corrected chi connectivity index (χ1v) is 11.5. The van der Waals surface area contributed by atoms with Crippen molar-refractivity contribution in [2.24, 2.45) is 0 Å². The SMILES string of the molecule is CCN(CC)Cc1ccc(C(=O)NNC(=O)c2ccccc2OCc2cn3cccc(C)c3n2)o1. The van der Waals surface area contributed by atoms with E-state index in [-0.39, 0.29) is 17.9 Å². The molecule has 0 aliphatic carbocycles. The first-order valence-electron chi connectivity index (χ1n) is 11.5. The van der Waals surface area contributed by atoms with Crippen molar-refractivity contribution >= 4 is 17.5 Å². The van der Waals surface area contributed by atoms with Crippen LogP contribution in [0.1, 0.15) is 51.8 Å². The highest BCUT2D eigenvalue weighted by Gasteiger charge is 2.17. The highest BCUT2D eigenvalue weighted by molar-refractivity contribution is 5.99. The summed E-state index contributed by atoms with van der Waals surface area (Å²) in [5.74, 6) is 0.148. The average molecular weight is 476 g/mol. The van der Waals surface area contributed by atoms with Gasteiger partial charge >= 0.3 is 5.91 Å². The number of aryl methyl sites for hydroxylation is 1. The van der Waals surface area contributed by atoms with Crippen LogP contribution in [0.25, 0.3) is 5.65 Å². The number of aromatic nitrogens is 2. The van der Waals surface area contributed by atoms with E-state index in [9.17, 15) is 9.59 Å². The van der Waals surface area contributed by atoms with E-state index in [2.05, 4.69) is 34.6 Å². The second kappa shape index (κ2) is 10.9. The van der Waals surface area contributed by atoms with Gasteiger partial charge in [0, 0.05) is 12.4 Å². The summed E-state index contributed by atoms with van der Waals surface area (Å²) in [4.78, 5) is 32.0. The number of hydrogen-bond donors (Lipinski definition) is 2. The summed E-state index contributed by atoms with van der Waals surface area (Å²) in [5, 5.41) is 0. The van der Waals surface area contributed by atoms with Gasteiger partial charge in [0.15, 0.2) is 5.76 Å². The van der Waals surface area contributed by atoms with Crippen molar-refractivity contribution in [2.45, 2.75) is 33.9 Å². The van der Waals surface area contributed by atoms with E-state index in [1.807, 2.05) is 35.9 Å². The van der Waals surface area contributed by atoms with Gasteiger partial charge < -0.3 is 13.6 Å². The van der Waals surface area contributed by atoms with Crippen LogP contribution in [-0.2, 0) is 13.2 Å². The number of furan rings is 1. The highest BCUT2D eigenvalue weighted by atomic mass is 16.5. The number of fused-ring (bicyclic) bond motifs is 1. The van der Waals surface area contributed by atoms with E-state index >= 15 is 0 Å². The maximum absolute atomic E-state index is 12.8. The number of nitrogens with one attached hydrogen (secondary N) is 2. The molecule has 0 aliphatic rings. The third-order valence-electron chi connectivity index (χ3n) is 5.68. The molecule has 9 heteroatoms. The lowest BCUT2D eigenvalue weighted by atomic mass is 10.2. The van der Waals surface area contributed by atoms with Gasteiger partial charge in [-0.3, -0.25) is 25.3 Å². The number of hydrazine groups is 1. The Kier molecular flexibility index (Phi) is 7.47. The minimum atomic E-state index is -0.539. The van der Waals surface area contributed by atoms with Gasteiger partial charge in [-0.05, 0) is 55.9 Å². The molecule has 0 unspecified atom stereocenters. The summed E-state index contributed by atoms with van der Waals surface area (Å²) < 4.78 is 13.5. The van der Waals surface area contributed by atoms with Gasteiger partial charge in [0.1, 0.15) is 23.8 Å². The van der Waals surface area contributed by atoms with Crippen molar-refractivity contribution in [3.05, 3.63) is 89.3 Å². The second-order valence-corrected chi connectivity index (χ2v) is 8.07.